The van der Waals surface area contributed by atoms with E-state index in [1.807, 2.05) is 0 Å². The smallest absolute Gasteiger partial charge is 0.306 e. The van der Waals surface area contributed by atoms with Crippen molar-refractivity contribution >= 4 is 17.9 Å². The van der Waals surface area contributed by atoms with Gasteiger partial charge in [-0.1, -0.05) is 239 Å². The summed E-state index contributed by atoms with van der Waals surface area (Å²) in [4.78, 5) is 38.2. The van der Waals surface area contributed by atoms with Crippen LogP contribution in [0.1, 0.15) is 265 Å². The molecule has 0 aliphatic rings. The van der Waals surface area contributed by atoms with Crippen molar-refractivity contribution in [3.05, 3.63) is 122 Å². The first-order valence-corrected chi connectivity index (χ1v) is 30.0. The minimum absolute atomic E-state index is 0.0991. The molecular formula is C67H110O6. The average molecular weight is 1010 g/mol. The number of carbonyl (C=O) groups is 3. The molecule has 0 N–H and O–H groups in total. The van der Waals surface area contributed by atoms with Crippen LogP contribution in [0.2, 0.25) is 0 Å². The van der Waals surface area contributed by atoms with Crippen LogP contribution in [-0.4, -0.2) is 37.2 Å². The molecule has 414 valence electrons. The van der Waals surface area contributed by atoms with Crippen LogP contribution in [0.3, 0.4) is 0 Å². The van der Waals surface area contributed by atoms with Crippen LogP contribution in [0.25, 0.3) is 0 Å². The van der Waals surface area contributed by atoms with Crippen molar-refractivity contribution in [1.82, 2.24) is 0 Å². The van der Waals surface area contributed by atoms with Gasteiger partial charge < -0.3 is 14.2 Å². The maximum absolute atomic E-state index is 12.9. The first kappa shape index (κ1) is 68.8. The highest BCUT2D eigenvalue weighted by molar-refractivity contribution is 5.71. The second kappa shape index (κ2) is 60.4. The molecular weight excluding hydrogens is 901 g/mol. The van der Waals surface area contributed by atoms with Gasteiger partial charge in [0.05, 0.1) is 0 Å². The van der Waals surface area contributed by atoms with Crippen molar-refractivity contribution in [2.45, 2.75) is 271 Å². The predicted molar refractivity (Wildman–Crippen MR) is 316 cm³/mol. The van der Waals surface area contributed by atoms with Gasteiger partial charge in [0.25, 0.3) is 0 Å². The third kappa shape index (κ3) is 58.6. The zero-order chi connectivity index (χ0) is 52.9. The van der Waals surface area contributed by atoms with Crippen molar-refractivity contribution in [2.75, 3.05) is 13.2 Å². The molecule has 0 saturated heterocycles. The molecule has 73 heavy (non-hydrogen) atoms. The van der Waals surface area contributed by atoms with Crippen molar-refractivity contribution in [3.8, 4) is 0 Å². The van der Waals surface area contributed by atoms with Gasteiger partial charge >= 0.3 is 17.9 Å². The van der Waals surface area contributed by atoms with Crippen molar-refractivity contribution in [1.29, 1.82) is 0 Å². The van der Waals surface area contributed by atoms with E-state index in [1.165, 1.54) is 103 Å². The number of esters is 3. The molecule has 0 amide bonds. The lowest BCUT2D eigenvalue weighted by Gasteiger charge is -2.18. The van der Waals surface area contributed by atoms with Crippen LogP contribution in [0, 0.1) is 0 Å². The van der Waals surface area contributed by atoms with E-state index in [-0.39, 0.29) is 31.1 Å². The van der Waals surface area contributed by atoms with Gasteiger partial charge in [0.1, 0.15) is 13.2 Å². The summed E-state index contributed by atoms with van der Waals surface area (Å²) in [6.45, 7) is 6.35. The third-order valence-corrected chi connectivity index (χ3v) is 12.4. The Morgan fingerprint density at radius 1 is 0.288 bits per heavy atom. The van der Waals surface area contributed by atoms with Crippen LogP contribution < -0.4 is 0 Å². The van der Waals surface area contributed by atoms with Gasteiger partial charge in [-0.25, -0.2) is 0 Å². The first-order valence-electron chi connectivity index (χ1n) is 30.0. The largest absolute Gasteiger partial charge is 0.462 e. The summed E-state index contributed by atoms with van der Waals surface area (Å²) in [6, 6.07) is 0. The van der Waals surface area contributed by atoms with Gasteiger partial charge in [0, 0.05) is 19.3 Å². The number of carbonyl (C=O) groups excluding carboxylic acids is 3. The summed E-state index contributed by atoms with van der Waals surface area (Å²) in [6.07, 6.45) is 83.4. The van der Waals surface area contributed by atoms with Gasteiger partial charge in [0.15, 0.2) is 6.10 Å². The number of ether oxygens (including phenoxy) is 3. The molecule has 0 aliphatic heterocycles. The Morgan fingerprint density at radius 2 is 0.534 bits per heavy atom. The lowest BCUT2D eigenvalue weighted by molar-refractivity contribution is -0.167. The summed E-state index contributed by atoms with van der Waals surface area (Å²) < 4.78 is 16.9. The highest BCUT2D eigenvalue weighted by Crippen LogP contribution is 2.15. The Hall–Kier alpha value is -4.19. The summed E-state index contributed by atoms with van der Waals surface area (Å²) in [7, 11) is 0. The molecule has 0 aliphatic carbocycles. The minimum Gasteiger partial charge on any atom is -0.462 e. The lowest BCUT2D eigenvalue weighted by atomic mass is 10.1. The van der Waals surface area contributed by atoms with Gasteiger partial charge in [-0.05, 0) is 128 Å². The minimum atomic E-state index is -0.805. The Kier molecular flexibility index (Phi) is 56.9. The molecule has 0 aromatic heterocycles. The highest BCUT2D eigenvalue weighted by Gasteiger charge is 2.19. The molecule has 0 rings (SSSR count). The van der Waals surface area contributed by atoms with Crippen molar-refractivity contribution in [2.24, 2.45) is 0 Å². The lowest BCUT2D eigenvalue weighted by Crippen LogP contribution is -2.30. The number of rotatable bonds is 53. The van der Waals surface area contributed by atoms with E-state index in [9.17, 15) is 14.4 Å². The van der Waals surface area contributed by atoms with Crippen LogP contribution in [0.15, 0.2) is 122 Å². The molecule has 1 atom stereocenters. The van der Waals surface area contributed by atoms with Crippen LogP contribution >= 0.6 is 0 Å². The van der Waals surface area contributed by atoms with E-state index in [1.54, 1.807) is 0 Å². The number of hydrogen-bond donors (Lipinski definition) is 0. The zero-order valence-electron chi connectivity index (χ0n) is 47.4. The summed E-state index contributed by atoms with van der Waals surface area (Å²) in [5.74, 6) is -0.953. The van der Waals surface area contributed by atoms with E-state index in [2.05, 4.69) is 142 Å². The van der Waals surface area contributed by atoms with Crippen LogP contribution in [0.5, 0.6) is 0 Å². The van der Waals surface area contributed by atoms with Crippen LogP contribution in [0.4, 0.5) is 0 Å². The topological polar surface area (TPSA) is 78.9 Å². The first-order chi connectivity index (χ1) is 36.0. The maximum Gasteiger partial charge on any atom is 0.306 e. The number of hydrogen-bond acceptors (Lipinski definition) is 6. The Balaban J connectivity index is 4.43. The van der Waals surface area contributed by atoms with E-state index >= 15 is 0 Å². The molecule has 0 heterocycles. The monoisotopic (exact) mass is 1010 g/mol. The van der Waals surface area contributed by atoms with Crippen LogP contribution in [-0.2, 0) is 28.6 Å². The average Bonchev–Trinajstić information content (AvgIpc) is 3.39. The van der Waals surface area contributed by atoms with Gasteiger partial charge in [0.2, 0.25) is 0 Å². The fraction of sp³-hybridized carbons (Fsp3) is 0.657. The molecule has 0 spiro atoms. The Morgan fingerprint density at radius 3 is 0.863 bits per heavy atom. The van der Waals surface area contributed by atoms with Crippen molar-refractivity contribution in [3.63, 3.8) is 0 Å². The summed E-state index contributed by atoms with van der Waals surface area (Å²) >= 11 is 0. The SMILES string of the molecule is CC/C=C\C/C=C\C/C=C\C/C=C\CCCCCCCCCCCCC(=O)OCC(COC(=O)CCCC/C=C\C/C=C\C/C=C\C/C=C\CC)OC(=O)CCCCCCCCC/C=C\C/C=C\CCCCC. The Bertz CT molecular complexity index is 1540. The normalized spacial score (nSPS) is 13.0. The highest BCUT2D eigenvalue weighted by atomic mass is 16.6. The predicted octanol–water partition coefficient (Wildman–Crippen LogP) is 20.4. The van der Waals surface area contributed by atoms with E-state index < -0.39 is 6.10 Å². The molecule has 0 aromatic carbocycles. The quantitative estimate of drug-likeness (QED) is 0.0261. The second-order valence-electron chi connectivity index (χ2n) is 19.5. The molecule has 0 fully saturated rings. The molecule has 0 bridgehead atoms. The maximum atomic E-state index is 12.9. The third-order valence-electron chi connectivity index (χ3n) is 12.4. The Labute approximate surface area is 450 Å². The van der Waals surface area contributed by atoms with E-state index in [0.29, 0.717) is 19.3 Å². The number of allylic oxidation sites excluding steroid dienone is 20. The van der Waals surface area contributed by atoms with Crippen molar-refractivity contribution < 1.29 is 28.6 Å². The van der Waals surface area contributed by atoms with Gasteiger partial charge in [-0.3, -0.25) is 14.4 Å². The summed E-state index contributed by atoms with van der Waals surface area (Å²) in [5, 5.41) is 0. The van der Waals surface area contributed by atoms with E-state index in [0.717, 1.165) is 122 Å². The van der Waals surface area contributed by atoms with E-state index in [4.69, 9.17) is 14.2 Å². The standard InChI is InChI=1S/C67H110O6/c1-4-7-10-13-16-19-22-25-28-30-31-32-33-34-35-37-39-42-45-48-51-54-57-60-66(69)72-63-64(62-71-65(68)59-56-53-50-47-44-41-38-27-24-21-18-15-12-9-6-3)73-67(70)61-58-55-52-49-46-43-40-36-29-26-23-20-17-14-11-8-5-2/h7,9-10,12,16-21,25-29,31-32,38,44,47,64H,4-6,8,11,13-15,22-24,30,33-37,39-43,45-46,48-63H2,1-3H3/b10-7-,12-9-,19-16-,20-17-,21-18-,28-25-,29-26-,32-31-,38-27-,47-44-. The molecule has 0 radical (unpaired) electrons. The molecule has 0 aromatic rings. The van der Waals surface area contributed by atoms with Gasteiger partial charge in [-0.2, -0.15) is 0 Å². The number of unbranched alkanes of at least 4 members (excludes halogenated alkanes) is 22. The summed E-state index contributed by atoms with van der Waals surface area (Å²) in [5.41, 5.74) is 0. The zero-order valence-corrected chi connectivity index (χ0v) is 47.4. The fourth-order valence-corrected chi connectivity index (χ4v) is 7.98. The fourth-order valence-electron chi connectivity index (χ4n) is 7.98. The molecule has 1 unspecified atom stereocenters. The second-order valence-corrected chi connectivity index (χ2v) is 19.5. The molecule has 6 heteroatoms. The van der Waals surface area contributed by atoms with Gasteiger partial charge in [-0.15, -0.1) is 0 Å². The molecule has 0 saturated carbocycles. The molecule has 6 nitrogen and oxygen atoms in total.